The summed E-state index contributed by atoms with van der Waals surface area (Å²) in [6, 6.07) is 4.11. The first-order chi connectivity index (χ1) is 8.31. The van der Waals surface area contributed by atoms with E-state index in [-0.39, 0.29) is 0 Å². The highest BCUT2D eigenvalue weighted by Gasteiger charge is 2.15. The molecule has 3 rings (SSSR count). The van der Waals surface area contributed by atoms with Gasteiger partial charge >= 0.3 is 0 Å². The van der Waals surface area contributed by atoms with Gasteiger partial charge in [0.05, 0.1) is 0 Å². The number of hydrogen-bond acceptors (Lipinski definition) is 3. The molecule has 0 aliphatic carbocycles. The highest BCUT2D eigenvalue weighted by atomic mass is 15.3. The molecule has 4 nitrogen and oxygen atoms in total. The van der Waals surface area contributed by atoms with Gasteiger partial charge in [-0.2, -0.15) is 5.10 Å². The molecule has 1 unspecified atom stereocenters. The van der Waals surface area contributed by atoms with E-state index in [2.05, 4.69) is 28.4 Å². The zero-order valence-electron chi connectivity index (χ0n) is 10.2. The normalized spacial score (nSPS) is 20.9. The Balaban J connectivity index is 1.80. The lowest BCUT2D eigenvalue weighted by atomic mass is 9.96. The maximum absolute atomic E-state index is 4.57. The molecule has 1 saturated heterocycles. The van der Waals surface area contributed by atoms with E-state index >= 15 is 0 Å². The predicted octanol–water partition coefficient (Wildman–Crippen LogP) is 1.58. The molecule has 0 spiro atoms. The minimum atomic E-state index is 0.697. The molecule has 0 aromatic carbocycles. The van der Waals surface area contributed by atoms with Gasteiger partial charge in [0.15, 0.2) is 11.5 Å². The molecule has 1 aliphatic heterocycles. The van der Waals surface area contributed by atoms with E-state index in [9.17, 15) is 0 Å². The topological polar surface area (TPSA) is 42.2 Å². The van der Waals surface area contributed by atoms with Gasteiger partial charge in [0.25, 0.3) is 0 Å². The van der Waals surface area contributed by atoms with E-state index in [4.69, 9.17) is 0 Å². The summed E-state index contributed by atoms with van der Waals surface area (Å²) in [6.07, 6.45) is 5.59. The third-order valence-corrected chi connectivity index (χ3v) is 3.39. The Morgan fingerprint density at radius 1 is 1.47 bits per heavy atom. The number of hydrogen-bond donors (Lipinski definition) is 1. The molecular weight excluding hydrogens is 212 g/mol. The molecule has 0 radical (unpaired) electrons. The fourth-order valence-corrected chi connectivity index (χ4v) is 2.47. The van der Waals surface area contributed by atoms with Crippen LogP contribution < -0.4 is 5.32 Å². The Kier molecular flexibility index (Phi) is 2.81. The smallest absolute Gasteiger partial charge is 0.155 e. The molecule has 0 saturated carbocycles. The van der Waals surface area contributed by atoms with Crippen molar-refractivity contribution in [1.82, 2.24) is 19.9 Å². The molecule has 1 aliphatic rings. The molecule has 2 aromatic heterocycles. The summed E-state index contributed by atoms with van der Waals surface area (Å²) in [7, 11) is 0. The van der Waals surface area contributed by atoms with Gasteiger partial charge in [0.2, 0.25) is 0 Å². The molecule has 1 fully saturated rings. The second kappa shape index (κ2) is 4.45. The molecule has 0 bridgehead atoms. The monoisotopic (exact) mass is 230 g/mol. The Morgan fingerprint density at radius 2 is 2.41 bits per heavy atom. The molecule has 90 valence electrons. The molecule has 4 heteroatoms. The molecular formula is C13H18N4. The number of aromatic nitrogens is 3. The first-order valence-corrected chi connectivity index (χ1v) is 6.34. The zero-order chi connectivity index (χ0) is 11.7. The van der Waals surface area contributed by atoms with Gasteiger partial charge in [-0.3, -0.25) is 0 Å². The van der Waals surface area contributed by atoms with E-state index < -0.39 is 0 Å². The molecule has 0 amide bonds. The van der Waals surface area contributed by atoms with E-state index in [0.717, 1.165) is 31.0 Å². The minimum Gasteiger partial charge on any atom is -0.316 e. The van der Waals surface area contributed by atoms with Crippen LogP contribution in [0.4, 0.5) is 0 Å². The van der Waals surface area contributed by atoms with Crippen molar-refractivity contribution in [2.45, 2.75) is 26.2 Å². The van der Waals surface area contributed by atoms with Crippen molar-refractivity contribution in [3.8, 4) is 0 Å². The summed E-state index contributed by atoms with van der Waals surface area (Å²) in [5.41, 5.74) is 2.17. The van der Waals surface area contributed by atoms with E-state index in [0.29, 0.717) is 5.92 Å². The largest absolute Gasteiger partial charge is 0.316 e. The highest BCUT2D eigenvalue weighted by Crippen LogP contribution is 2.15. The number of piperidine rings is 1. The van der Waals surface area contributed by atoms with Gasteiger partial charge in [-0.1, -0.05) is 6.07 Å². The first-order valence-electron chi connectivity index (χ1n) is 6.34. The lowest BCUT2D eigenvalue weighted by molar-refractivity contribution is 0.371. The fourth-order valence-electron chi connectivity index (χ4n) is 2.47. The van der Waals surface area contributed by atoms with Crippen LogP contribution in [0.2, 0.25) is 0 Å². The zero-order valence-corrected chi connectivity index (χ0v) is 10.2. The fraction of sp³-hybridized carbons (Fsp3) is 0.538. The standard InChI is InChI=1S/C13H18N4/c1-10-4-5-13-15-12(16-17(13)9-10)7-11-3-2-6-14-8-11/h4-5,9,11,14H,2-3,6-8H2,1H3. The molecule has 3 heterocycles. The van der Waals surface area contributed by atoms with E-state index in [1.54, 1.807) is 0 Å². The Bertz CT molecular complexity index is 511. The average molecular weight is 230 g/mol. The van der Waals surface area contributed by atoms with Crippen LogP contribution in [0.3, 0.4) is 0 Å². The quantitative estimate of drug-likeness (QED) is 0.851. The van der Waals surface area contributed by atoms with Gasteiger partial charge in [-0.05, 0) is 50.4 Å². The summed E-state index contributed by atoms with van der Waals surface area (Å²) in [5.74, 6) is 1.67. The van der Waals surface area contributed by atoms with E-state index in [1.807, 2.05) is 16.8 Å². The Morgan fingerprint density at radius 3 is 3.24 bits per heavy atom. The van der Waals surface area contributed by atoms with Crippen LogP contribution in [0.25, 0.3) is 5.65 Å². The van der Waals surface area contributed by atoms with Gasteiger partial charge in [0.1, 0.15) is 0 Å². The average Bonchev–Trinajstić information content (AvgIpc) is 2.71. The van der Waals surface area contributed by atoms with Crippen molar-refractivity contribution < 1.29 is 0 Å². The van der Waals surface area contributed by atoms with Gasteiger partial charge in [-0.15, -0.1) is 0 Å². The van der Waals surface area contributed by atoms with Crippen LogP contribution in [0.15, 0.2) is 18.3 Å². The van der Waals surface area contributed by atoms with Crippen LogP contribution >= 0.6 is 0 Å². The number of pyridine rings is 1. The molecule has 1 atom stereocenters. The number of nitrogens with zero attached hydrogens (tertiary/aromatic N) is 3. The summed E-state index contributed by atoms with van der Waals surface area (Å²) in [5, 5.41) is 7.98. The lowest BCUT2D eigenvalue weighted by Gasteiger charge is -2.21. The van der Waals surface area contributed by atoms with Crippen LogP contribution in [0.1, 0.15) is 24.2 Å². The molecule has 17 heavy (non-hydrogen) atoms. The van der Waals surface area contributed by atoms with Crippen molar-refractivity contribution in [2.75, 3.05) is 13.1 Å². The maximum atomic E-state index is 4.57. The highest BCUT2D eigenvalue weighted by molar-refractivity contribution is 5.38. The van der Waals surface area contributed by atoms with Gasteiger partial charge in [0, 0.05) is 12.6 Å². The third kappa shape index (κ3) is 2.31. The Hall–Kier alpha value is -1.42. The first kappa shape index (κ1) is 10.7. The summed E-state index contributed by atoms with van der Waals surface area (Å²) in [6.45, 7) is 4.34. The van der Waals surface area contributed by atoms with Crippen molar-refractivity contribution >= 4 is 5.65 Å². The summed E-state index contributed by atoms with van der Waals surface area (Å²) >= 11 is 0. The number of fused-ring (bicyclic) bond motifs is 1. The SMILES string of the molecule is Cc1ccc2nc(CC3CCCNC3)nn2c1. The van der Waals surface area contributed by atoms with Crippen LogP contribution in [0, 0.1) is 12.8 Å². The summed E-state index contributed by atoms with van der Waals surface area (Å²) < 4.78 is 1.89. The number of rotatable bonds is 2. The van der Waals surface area contributed by atoms with Crippen molar-refractivity contribution in [3.05, 3.63) is 29.7 Å². The number of aryl methyl sites for hydroxylation is 1. The van der Waals surface area contributed by atoms with Crippen LogP contribution in [-0.2, 0) is 6.42 Å². The van der Waals surface area contributed by atoms with Crippen molar-refractivity contribution in [2.24, 2.45) is 5.92 Å². The molecule has 2 aromatic rings. The Labute approximate surface area is 101 Å². The van der Waals surface area contributed by atoms with Gasteiger partial charge in [-0.25, -0.2) is 9.50 Å². The second-order valence-corrected chi connectivity index (χ2v) is 4.95. The van der Waals surface area contributed by atoms with Crippen LogP contribution in [-0.4, -0.2) is 27.7 Å². The lowest BCUT2D eigenvalue weighted by Crippen LogP contribution is -2.31. The second-order valence-electron chi connectivity index (χ2n) is 4.95. The van der Waals surface area contributed by atoms with Crippen LogP contribution in [0.5, 0.6) is 0 Å². The predicted molar refractivity (Wildman–Crippen MR) is 67.0 cm³/mol. The maximum Gasteiger partial charge on any atom is 0.155 e. The number of nitrogens with one attached hydrogen (secondary N) is 1. The van der Waals surface area contributed by atoms with Crippen molar-refractivity contribution in [1.29, 1.82) is 0 Å². The third-order valence-electron chi connectivity index (χ3n) is 3.39. The summed E-state index contributed by atoms with van der Waals surface area (Å²) in [4.78, 5) is 4.57. The van der Waals surface area contributed by atoms with Crippen molar-refractivity contribution in [3.63, 3.8) is 0 Å². The molecule has 1 N–H and O–H groups in total. The van der Waals surface area contributed by atoms with E-state index in [1.165, 1.54) is 18.4 Å². The van der Waals surface area contributed by atoms with Gasteiger partial charge < -0.3 is 5.32 Å². The minimum absolute atomic E-state index is 0.697.